The van der Waals surface area contributed by atoms with Crippen LogP contribution in [0.5, 0.6) is 0 Å². The quantitative estimate of drug-likeness (QED) is 0.664. The van der Waals surface area contributed by atoms with E-state index in [0.717, 1.165) is 10.7 Å². The molecule has 6 nitrogen and oxygen atoms in total. The summed E-state index contributed by atoms with van der Waals surface area (Å²) >= 11 is 11.4. The van der Waals surface area contributed by atoms with E-state index in [-0.39, 0.29) is 21.7 Å². The van der Waals surface area contributed by atoms with Gasteiger partial charge < -0.3 is 10.3 Å². The van der Waals surface area contributed by atoms with Crippen LogP contribution in [0.4, 0.5) is 0 Å². The van der Waals surface area contributed by atoms with Crippen molar-refractivity contribution in [1.29, 1.82) is 0 Å². The first-order valence-corrected chi connectivity index (χ1v) is 5.13. The number of carboxylic acid groups (broad SMARTS) is 1. The summed E-state index contributed by atoms with van der Waals surface area (Å²) in [6.45, 7) is 0. The number of pyridine rings is 1. The molecule has 0 radical (unpaired) electrons. The molecule has 0 bridgehead atoms. The topological polar surface area (TPSA) is 82.1 Å². The predicted octanol–water partition coefficient (Wildman–Crippen LogP) is 1.51. The van der Waals surface area contributed by atoms with E-state index in [1.165, 1.54) is 18.3 Å². The average Bonchev–Trinajstić information content (AvgIpc) is 2.60. The summed E-state index contributed by atoms with van der Waals surface area (Å²) in [5.41, 5.74) is -0.243. The number of nitrogens with zero attached hydrogens (tertiary/aromatic N) is 3. The summed E-state index contributed by atoms with van der Waals surface area (Å²) in [6.07, 6.45) is 1.18. The lowest BCUT2D eigenvalue weighted by molar-refractivity contribution is -0.600. The highest BCUT2D eigenvalue weighted by atomic mass is 35.5. The van der Waals surface area contributed by atoms with Crippen molar-refractivity contribution in [3.05, 3.63) is 45.5 Å². The molecule has 17 heavy (non-hydrogen) atoms. The summed E-state index contributed by atoms with van der Waals surface area (Å²) in [5.74, 6) is -1.37. The van der Waals surface area contributed by atoms with Crippen LogP contribution >= 0.6 is 23.2 Å². The van der Waals surface area contributed by atoms with Gasteiger partial charge in [0.05, 0.1) is 6.20 Å². The fourth-order valence-electron chi connectivity index (χ4n) is 1.32. The van der Waals surface area contributed by atoms with Gasteiger partial charge in [-0.05, 0) is 12.1 Å². The molecule has 8 heteroatoms. The van der Waals surface area contributed by atoms with Gasteiger partial charge in [-0.25, -0.2) is 9.52 Å². The molecule has 0 unspecified atom stereocenters. The minimum Gasteiger partial charge on any atom is -0.711 e. The number of carbonyl (C=O) groups is 1. The first kappa shape index (κ1) is 11.7. The average molecular weight is 274 g/mol. The minimum atomic E-state index is -1.26. The van der Waals surface area contributed by atoms with E-state index in [9.17, 15) is 10.0 Å². The molecule has 1 N–H and O–H groups in total. The number of carboxylic acids is 1. The van der Waals surface area contributed by atoms with Crippen molar-refractivity contribution >= 4 is 29.2 Å². The number of rotatable bonds is 2. The van der Waals surface area contributed by atoms with E-state index in [4.69, 9.17) is 28.3 Å². The van der Waals surface area contributed by atoms with Crippen LogP contribution in [0.25, 0.3) is 5.82 Å². The molecular formula is C9H5Cl2N3O3. The van der Waals surface area contributed by atoms with Crippen molar-refractivity contribution in [2.75, 3.05) is 0 Å². The van der Waals surface area contributed by atoms with E-state index >= 15 is 0 Å². The number of hydrogen-bond acceptors (Lipinski definition) is 3. The van der Waals surface area contributed by atoms with E-state index in [0.29, 0.717) is 4.73 Å². The lowest BCUT2D eigenvalue weighted by Crippen LogP contribution is -2.33. The minimum absolute atomic E-state index is 0.0395. The van der Waals surface area contributed by atoms with Gasteiger partial charge in [0, 0.05) is 6.07 Å². The summed E-state index contributed by atoms with van der Waals surface area (Å²) in [7, 11) is 0. The Morgan fingerprint density at radius 3 is 2.82 bits per heavy atom. The number of hydrogen-bond donors (Lipinski definition) is 1. The van der Waals surface area contributed by atoms with Crippen molar-refractivity contribution < 1.29 is 14.6 Å². The molecule has 0 aliphatic carbocycles. The molecule has 0 aromatic carbocycles. The highest BCUT2D eigenvalue weighted by Gasteiger charge is 2.25. The van der Waals surface area contributed by atoms with E-state index in [2.05, 4.69) is 5.10 Å². The highest BCUT2D eigenvalue weighted by Crippen LogP contribution is 2.19. The Hall–Kier alpha value is -1.79. The molecule has 2 rings (SSSR count). The van der Waals surface area contributed by atoms with Crippen molar-refractivity contribution in [2.24, 2.45) is 0 Å². The standard InChI is InChI=1S/C9H5Cl2N3O3/c10-5-2-1-3-13(17)8(5)14-6(9(15)16)4-7(11)12-14/h1-4H,(H,15,16). The molecule has 0 fully saturated rings. The highest BCUT2D eigenvalue weighted by molar-refractivity contribution is 6.32. The van der Waals surface area contributed by atoms with Crippen LogP contribution in [0.15, 0.2) is 24.4 Å². The Bertz CT molecular complexity index is 577. The van der Waals surface area contributed by atoms with Gasteiger partial charge in [0.25, 0.3) is 0 Å². The van der Waals surface area contributed by atoms with Crippen molar-refractivity contribution in [1.82, 2.24) is 9.78 Å². The second-order valence-corrected chi connectivity index (χ2v) is 3.87. The third-order valence-electron chi connectivity index (χ3n) is 1.99. The number of aromatic nitrogens is 3. The summed E-state index contributed by atoms with van der Waals surface area (Å²) in [4.78, 5) is 11.0. The van der Waals surface area contributed by atoms with Crippen LogP contribution in [0.2, 0.25) is 10.2 Å². The largest absolute Gasteiger partial charge is 0.711 e. The summed E-state index contributed by atoms with van der Waals surface area (Å²) in [5, 5.41) is 24.3. The Balaban J connectivity index is 2.72. The summed E-state index contributed by atoms with van der Waals surface area (Å²) in [6, 6.07) is 4.02. The maximum absolute atomic E-state index is 11.6. The van der Waals surface area contributed by atoms with Crippen molar-refractivity contribution in [2.45, 2.75) is 0 Å². The third-order valence-corrected chi connectivity index (χ3v) is 2.47. The van der Waals surface area contributed by atoms with Crippen LogP contribution in [-0.4, -0.2) is 20.9 Å². The number of aromatic carboxylic acids is 1. The zero-order chi connectivity index (χ0) is 12.6. The molecule has 88 valence electrons. The molecule has 0 atom stereocenters. The molecule has 0 aliphatic heterocycles. The zero-order valence-corrected chi connectivity index (χ0v) is 9.68. The smallest absolute Gasteiger partial charge is 0.378 e. The zero-order valence-electron chi connectivity index (χ0n) is 8.17. The van der Waals surface area contributed by atoms with Gasteiger partial charge in [0.2, 0.25) is 5.69 Å². The van der Waals surface area contributed by atoms with Gasteiger partial charge in [-0.2, -0.15) is 0 Å². The second kappa shape index (κ2) is 4.23. The fraction of sp³-hybridized carbons (Fsp3) is 0. The lowest BCUT2D eigenvalue weighted by atomic mass is 10.4. The molecule has 2 aromatic heterocycles. The molecule has 0 aliphatic rings. The molecule has 2 aromatic rings. The molecule has 0 spiro atoms. The molecule has 0 saturated heterocycles. The van der Waals surface area contributed by atoms with E-state index < -0.39 is 5.97 Å². The lowest BCUT2D eigenvalue weighted by Gasteiger charge is -2.07. The van der Waals surface area contributed by atoms with Crippen molar-refractivity contribution in [3.63, 3.8) is 0 Å². The normalized spacial score (nSPS) is 10.5. The van der Waals surface area contributed by atoms with Gasteiger partial charge in [-0.15, -0.1) is 0 Å². The van der Waals surface area contributed by atoms with Crippen molar-refractivity contribution in [3.8, 4) is 5.82 Å². The van der Waals surface area contributed by atoms with Gasteiger partial charge in [0.1, 0.15) is 5.02 Å². The van der Waals surface area contributed by atoms with E-state index in [1.807, 2.05) is 0 Å². The Kier molecular flexibility index (Phi) is 2.91. The molecule has 0 amide bonds. The van der Waals surface area contributed by atoms with Crippen LogP contribution < -0.4 is 4.73 Å². The Morgan fingerprint density at radius 2 is 2.24 bits per heavy atom. The number of halogens is 2. The maximum atomic E-state index is 11.6. The van der Waals surface area contributed by atoms with Crippen LogP contribution in [0.1, 0.15) is 10.5 Å². The monoisotopic (exact) mass is 273 g/mol. The third kappa shape index (κ3) is 2.04. The molecular weight excluding hydrogens is 269 g/mol. The molecule has 2 heterocycles. The Labute approximate surface area is 105 Å². The van der Waals surface area contributed by atoms with Crippen LogP contribution in [0.3, 0.4) is 0 Å². The maximum Gasteiger partial charge on any atom is 0.378 e. The second-order valence-electron chi connectivity index (χ2n) is 3.07. The SMILES string of the molecule is O=C(O)c1cc(Cl)nn1-c1c(Cl)ccc[n+]1[O-]. The molecule has 0 saturated carbocycles. The van der Waals surface area contributed by atoms with Gasteiger partial charge in [-0.1, -0.05) is 33.0 Å². The van der Waals surface area contributed by atoms with Crippen LogP contribution in [-0.2, 0) is 0 Å². The first-order chi connectivity index (χ1) is 8.00. The van der Waals surface area contributed by atoms with Gasteiger partial charge in [0.15, 0.2) is 5.15 Å². The van der Waals surface area contributed by atoms with Gasteiger partial charge in [-0.3, -0.25) is 0 Å². The summed E-state index contributed by atoms with van der Waals surface area (Å²) < 4.78 is 1.30. The van der Waals surface area contributed by atoms with Crippen LogP contribution in [0, 0.1) is 5.21 Å². The van der Waals surface area contributed by atoms with Gasteiger partial charge >= 0.3 is 11.8 Å². The Morgan fingerprint density at radius 1 is 1.53 bits per heavy atom. The van der Waals surface area contributed by atoms with E-state index in [1.54, 1.807) is 0 Å². The fourth-order valence-corrected chi connectivity index (χ4v) is 1.73. The first-order valence-electron chi connectivity index (χ1n) is 4.37. The predicted molar refractivity (Wildman–Crippen MR) is 59.5 cm³/mol.